The standard InChI is InChI=1S/C31H35N3O/c1-22-14-17-33-27-13-8-16-31(29(22)27)21-32-20-26(31)30(35)34-18-15-25(23-9-4-2-5-10-23)19-28(34)24-11-6-3-7-12-24/h2-7,9-12,14,17,25-26,28,32H,8,13,15-16,18-21H2,1H3/t25-,26+,28+,31-/m1/s1. The Hall–Kier alpha value is -2.98. The summed E-state index contributed by atoms with van der Waals surface area (Å²) in [5, 5.41) is 3.63. The van der Waals surface area contributed by atoms with Crippen LogP contribution in [0.4, 0.5) is 0 Å². The number of carbonyl (C=O) groups excluding carboxylic acids is 1. The first-order valence-electron chi connectivity index (χ1n) is 13.2. The van der Waals surface area contributed by atoms with E-state index in [0.717, 1.165) is 51.7 Å². The summed E-state index contributed by atoms with van der Waals surface area (Å²) in [7, 11) is 0. The van der Waals surface area contributed by atoms with Crippen molar-refractivity contribution in [3.8, 4) is 0 Å². The van der Waals surface area contributed by atoms with Crippen LogP contribution in [0, 0.1) is 12.8 Å². The first kappa shape index (κ1) is 22.5. The smallest absolute Gasteiger partial charge is 0.228 e. The number of amides is 1. The number of carbonyl (C=O) groups is 1. The fourth-order valence-corrected chi connectivity index (χ4v) is 7.24. The number of rotatable bonds is 3. The molecular formula is C31H35N3O. The number of aromatic nitrogens is 1. The second-order valence-corrected chi connectivity index (χ2v) is 10.7. The zero-order valence-electron chi connectivity index (χ0n) is 20.6. The highest BCUT2D eigenvalue weighted by Gasteiger charge is 2.52. The van der Waals surface area contributed by atoms with E-state index in [1.54, 1.807) is 0 Å². The number of nitrogens with one attached hydrogen (secondary N) is 1. The normalized spacial score (nSPS) is 28.1. The molecule has 1 N–H and O–H groups in total. The molecule has 1 amide bonds. The molecule has 0 saturated carbocycles. The average molecular weight is 466 g/mol. The Morgan fingerprint density at radius 2 is 1.77 bits per heavy atom. The number of pyridine rings is 1. The summed E-state index contributed by atoms with van der Waals surface area (Å²) < 4.78 is 0. The van der Waals surface area contributed by atoms with Crippen molar-refractivity contribution in [2.75, 3.05) is 19.6 Å². The van der Waals surface area contributed by atoms with Crippen LogP contribution in [0.25, 0.3) is 0 Å². The summed E-state index contributed by atoms with van der Waals surface area (Å²) in [6, 6.07) is 23.8. The molecule has 35 heavy (non-hydrogen) atoms. The van der Waals surface area contributed by atoms with Crippen molar-refractivity contribution in [2.24, 2.45) is 5.92 Å². The fraction of sp³-hybridized carbons (Fsp3) is 0.419. The molecule has 3 heterocycles. The highest BCUT2D eigenvalue weighted by molar-refractivity contribution is 5.82. The molecule has 4 atom stereocenters. The first-order chi connectivity index (χ1) is 17.2. The van der Waals surface area contributed by atoms with Gasteiger partial charge in [-0.15, -0.1) is 0 Å². The summed E-state index contributed by atoms with van der Waals surface area (Å²) in [4.78, 5) is 21.5. The van der Waals surface area contributed by atoms with Gasteiger partial charge in [0.15, 0.2) is 0 Å². The maximum Gasteiger partial charge on any atom is 0.228 e. The van der Waals surface area contributed by atoms with Gasteiger partial charge in [-0.25, -0.2) is 0 Å². The Balaban J connectivity index is 1.35. The molecule has 1 aromatic heterocycles. The molecule has 1 spiro atoms. The molecule has 2 fully saturated rings. The second-order valence-electron chi connectivity index (χ2n) is 10.7. The van der Waals surface area contributed by atoms with Gasteiger partial charge in [-0.05, 0) is 73.3 Å². The lowest BCUT2D eigenvalue weighted by Gasteiger charge is -2.45. The van der Waals surface area contributed by atoms with Crippen molar-refractivity contribution in [1.82, 2.24) is 15.2 Å². The van der Waals surface area contributed by atoms with Gasteiger partial charge in [-0.2, -0.15) is 0 Å². The number of hydrogen-bond donors (Lipinski definition) is 1. The maximum absolute atomic E-state index is 14.5. The van der Waals surface area contributed by atoms with E-state index in [4.69, 9.17) is 4.98 Å². The quantitative estimate of drug-likeness (QED) is 0.569. The molecule has 2 aromatic carbocycles. The lowest BCUT2D eigenvalue weighted by atomic mass is 9.63. The molecule has 4 nitrogen and oxygen atoms in total. The Bertz CT molecular complexity index is 1190. The van der Waals surface area contributed by atoms with Crippen molar-refractivity contribution in [2.45, 2.75) is 56.4 Å². The summed E-state index contributed by atoms with van der Waals surface area (Å²) in [6.45, 7) is 4.64. The largest absolute Gasteiger partial charge is 0.335 e. The lowest BCUT2D eigenvalue weighted by Crippen LogP contribution is -2.50. The van der Waals surface area contributed by atoms with E-state index < -0.39 is 0 Å². The molecule has 3 aliphatic rings. The van der Waals surface area contributed by atoms with Gasteiger partial charge in [0.05, 0.1) is 12.0 Å². The summed E-state index contributed by atoms with van der Waals surface area (Å²) >= 11 is 0. The maximum atomic E-state index is 14.5. The molecule has 0 bridgehead atoms. The third-order valence-corrected chi connectivity index (χ3v) is 8.87. The summed E-state index contributed by atoms with van der Waals surface area (Å²) in [6.07, 6.45) is 7.12. The lowest BCUT2D eigenvalue weighted by molar-refractivity contribution is -0.141. The summed E-state index contributed by atoms with van der Waals surface area (Å²) in [5.41, 5.74) is 6.36. The van der Waals surface area contributed by atoms with Crippen molar-refractivity contribution in [3.05, 3.63) is 101 Å². The van der Waals surface area contributed by atoms with Gasteiger partial charge >= 0.3 is 0 Å². The second kappa shape index (κ2) is 9.23. The molecule has 180 valence electrons. The Morgan fingerprint density at radius 1 is 1.03 bits per heavy atom. The molecule has 0 unspecified atom stereocenters. The van der Waals surface area contributed by atoms with Crippen LogP contribution in [0.3, 0.4) is 0 Å². The van der Waals surface area contributed by atoms with E-state index in [-0.39, 0.29) is 17.4 Å². The molecule has 1 aliphatic carbocycles. The molecule has 3 aromatic rings. The third kappa shape index (κ3) is 3.88. The van der Waals surface area contributed by atoms with Crippen LogP contribution in [0.1, 0.15) is 65.6 Å². The van der Waals surface area contributed by atoms with Crippen LogP contribution in [0.2, 0.25) is 0 Å². The summed E-state index contributed by atoms with van der Waals surface area (Å²) in [5.74, 6) is 0.762. The van der Waals surface area contributed by atoms with E-state index in [0.29, 0.717) is 11.8 Å². The van der Waals surface area contributed by atoms with Gasteiger partial charge in [-0.1, -0.05) is 60.7 Å². The zero-order chi connectivity index (χ0) is 23.8. The van der Waals surface area contributed by atoms with Crippen molar-refractivity contribution >= 4 is 5.91 Å². The number of hydrogen-bond acceptors (Lipinski definition) is 3. The van der Waals surface area contributed by atoms with Crippen LogP contribution >= 0.6 is 0 Å². The van der Waals surface area contributed by atoms with E-state index >= 15 is 0 Å². The minimum atomic E-state index is -0.138. The fourth-order valence-electron chi connectivity index (χ4n) is 7.24. The highest BCUT2D eigenvalue weighted by Crippen LogP contribution is 2.48. The molecule has 2 aliphatic heterocycles. The van der Waals surface area contributed by atoms with Gasteiger partial charge in [0.1, 0.15) is 0 Å². The average Bonchev–Trinajstić information content (AvgIpc) is 3.32. The van der Waals surface area contributed by atoms with Crippen LogP contribution in [-0.2, 0) is 16.6 Å². The van der Waals surface area contributed by atoms with Crippen LogP contribution in [0.15, 0.2) is 72.9 Å². The molecule has 6 rings (SSSR count). The van der Waals surface area contributed by atoms with Crippen LogP contribution < -0.4 is 5.32 Å². The number of piperidine rings is 1. The highest BCUT2D eigenvalue weighted by atomic mass is 16.2. The topological polar surface area (TPSA) is 45.2 Å². The third-order valence-electron chi connectivity index (χ3n) is 8.87. The van der Waals surface area contributed by atoms with E-state index in [2.05, 4.69) is 83.9 Å². The monoisotopic (exact) mass is 465 g/mol. The van der Waals surface area contributed by atoms with Gasteiger partial charge in [-0.3, -0.25) is 9.78 Å². The van der Waals surface area contributed by atoms with Crippen LogP contribution in [-0.4, -0.2) is 35.4 Å². The molecule has 2 saturated heterocycles. The van der Waals surface area contributed by atoms with E-state index in [9.17, 15) is 4.79 Å². The number of likely N-dealkylation sites (tertiary alicyclic amines) is 1. The van der Waals surface area contributed by atoms with E-state index in [1.807, 2.05) is 6.20 Å². The van der Waals surface area contributed by atoms with Gasteiger partial charge in [0.25, 0.3) is 0 Å². The predicted octanol–water partition coefficient (Wildman–Crippen LogP) is 5.33. The number of fused-ring (bicyclic) bond motifs is 2. The molecule has 4 heteroatoms. The van der Waals surface area contributed by atoms with Gasteiger partial charge in [0.2, 0.25) is 5.91 Å². The number of aryl methyl sites for hydroxylation is 2. The molecular weight excluding hydrogens is 430 g/mol. The molecule has 0 radical (unpaired) electrons. The zero-order valence-corrected chi connectivity index (χ0v) is 20.6. The minimum absolute atomic E-state index is 0.0380. The number of benzene rings is 2. The van der Waals surface area contributed by atoms with Gasteiger partial charge < -0.3 is 10.2 Å². The van der Waals surface area contributed by atoms with Crippen molar-refractivity contribution < 1.29 is 4.79 Å². The van der Waals surface area contributed by atoms with Crippen LogP contribution in [0.5, 0.6) is 0 Å². The Labute approximate surface area is 208 Å². The van der Waals surface area contributed by atoms with Gasteiger partial charge in [0, 0.05) is 36.9 Å². The van der Waals surface area contributed by atoms with Crippen molar-refractivity contribution in [1.29, 1.82) is 0 Å². The number of nitrogens with zero attached hydrogens (tertiary/aromatic N) is 2. The van der Waals surface area contributed by atoms with E-state index in [1.165, 1.54) is 27.9 Å². The minimum Gasteiger partial charge on any atom is -0.335 e. The van der Waals surface area contributed by atoms with Crippen molar-refractivity contribution in [3.63, 3.8) is 0 Å². The Kier molecular flexibility index (Phi) is 5.93. The first-order valence-corrected chi connectivity index (χ1v) is 13.2. The Morgan fingerprint density at radius 3 is 2.54 bits per heavy atom. The SMILES string of the molecule is Cc1ccnc2c1[C@]1(CCC2)CNC[C@H]1C(=O)N1CC[C@@H](c2ccccc2)C[C@H]1c1ccccc1. The predicted molar refractivity (Wildman–Crippen MR) is 139 cm³/mol.